The number of unbranched alkanes of at least 4 members (excludes halogenated alkanes) is 2. The van der Waals surface area contributed by atoms with Gasteiger partial charge in [0.25, 0.3) is 0 Å². The van der Waals surface area contributed by atoms with Gasteiger partial charge in [-0.2, -0.15) is 0 Å². The number of hydrogen-bond donors (Lipinski definition) is 2. The predicted molar refractivity (Wildman–Crippen MR) is 102 cm³/mol. The SMILES string of the molecule is CCCCNC1(NCCCC)CCC(CC2CCCCC2)CC1. The van der Waals surface area contributed by atoms with Crippen LogP contribution in [0.25, 0.3) is 0 Å². The maximum atomic E-state index is 3.91. The van der Waals surface area contributed by atoms with Gasteiger partial charge in [0.05, 0.1) is 5.66 Å². The standard InChI is InChI=1S/C21H42N2/c1-3-5-16-22-21(23-17-6-4-2)14-12-20(13-15-21)18-19-10-8-7-9-11-19/h19-20,22-23H,3-18H2,1-2H3. The highest BCUT2D eigenvalue weighted by molar-refractivity contribution is 4.91. The van der Waals surface area contributed by atoms with Gasteiger partial charge in [0.15, 0.2) is 0 Å². The summed E-state index contributed by atoms with van der Waals surface area (Å²) in [5, 5.41) is 7.82. The van der Waals surface area contributed by atoms with Crippen molar-refractivity contribution < 1.29 is 0 Å². The van der Waals surface area contributed by atoms with E-state index in [1.165, 1.54) is 103 Å². The topological polar surface area (TPSA) is 24.1 Å². The second-order valence-corrected chi connectivity index (χ2v) is 8.33. The van der Waals surface area contributed by atoms with Gasteiger partial charge in [0.2, 0.25) is 0 Å². The van der Waals surface area contributed by atoms with Crippen LogP contribution in [-0.4, -0.2) is 18.8 Å². The maximum Gasteiger partial charge on any atom is 0.0687 e. The molecule has 0 saturated heterocycles. The Morgan fingerprint density at radius 3 is 1.78 bits per heavy atom. The highest BCUT2D eigenvalue weighted by Crippen LogP contribution is 2.37. The van der Waals surface area contributed by atoms with Gasteiger partial charge < -0.3 is 0 Å². The van der Waals surface area contributed by atoms with Crippen LogP contribution in [0.5, 0.6) is 0 Å². The largest absolute Gasteiger partial charge is 0.299 e. The molecule has 136 valence electrons. The van der Waals surface area contributed by atoms with Crippen LogP contribution in [0.2, 0.25) is 0 Å². The summed E-state index contributed by atoms with van der Waals surface area (Å²) >= 11 is 0. The van der Waals surface area contributed by atoms with Crippen LogP contribution in [0.15, 0.2) is 0 Å². The van der Waals surface area contributed by atoms with Gasteiger partial charge in [-0.3, -0.25) is 10.6 Å². The Kier molecular flexibility index (Phi) is 8.97. The van der Waals surface area contributed by atoms with Crippen LogP contribution in [0.1, 0.15) is 104 Å². The van der Waals surface area contributed by atoms with Crippen LogP contribution in [0.3, 0.4) is 0 Å². The van der Waals surface area contributed by atoms with Gasteiger partial charge in [0, 0.05) is 0 Å². The quantitative estimate of drug-likeness (QED) is 0.403. The molecule has 2 rings (SSSR count). The third kappa shape index (κ3) is 6.74. The summed E-state index contributed by atoms with van der Waals surface area (Å²) in [6.45, 7) is 6.95. The first-order valence-corrected chi connectivity index (χ1v) is 10.8. The van der Waals surface area contributed by atoms with E-state index in [4.69, 9.17) is 0 Å². The Hall–Kier alpha value is -0.0800. The summed E-state index contributed by atoms with van der Waals surface area (Å²) in [5.74, 6) is 2.06. The molecule has 2 aliphatic carbocycles. The fourth-order valence-corrected chi connectivity index (χ4v) is 4.73. The summed E-state index contributed by atoms with van der Waals surface area (Å²) in [5.41, 5.74) is 0.257. The fraction of sp³-hybridized carbons (Fsp3) is 1.00. The zero-order valence-electron chi connectivity index (χ0n) is 16.0. The predicted octanol–water partition coefficient (Wildman–Crippen LogP) is 5.62. The lowest BCUT2D eigenvalue weighted by Gasteiger charge is -2.43. The molecule has 23 heavy (non-hydrogen) atoms. The average Bonchev–Trinajstić information content (AvgIpc) is 2.59. The van der Waals surface area contributed by atoms with E-state index >= 15 is 0 Å². The second kappa shape index (κ2) is 10.7. The molecule has 0 atom stereocenters. The van der Waals surface area contributed by atoms with Crippen molar-refractivity contribution in [2.75, 3.05) is 13.1 Å². The fourth-order valence-electron chi connectivity index (χ4n) is 4.73. The van der Waals surface area contributed by atoms with E-state index in [2.05, 4.69) is 24.5 Å². The molecule has 0 bridgehead atoms. The highest BCUT2D eigenvalue weighted by Gasteiger charge is 2.34. The number of nitrogens with one attached hydrogen (secondary N) is 2. The second-order valence-electron chi connectivity index (χ2n) is 8.33. The summed E-state index contributed by atoms with van der Waals surface area (Å²) in [4.78, 5) is 0. The van der Waals surface area contributed by atoms with Crippen LogP contribution >= 0.6 is 0 Å². The normalized spacial score (nSPS) is 23.2. The molecule has 0 aromatic heterocycles. The molecule has 0 unspecified atom stereocenters. The van der Waals surface area contributed by atoms with Gasteiger partial charge in [-0.05, 0) is 69.9 Å². The Bertz CT molecular complexity index is 276. The smallest absolute Gasteiger partial charge is 0.0687 e. The van der Waals surface area contributed by atoms with E-state index in [-0.39, 0.29) is 5.66 Å². The average molecular weight is 323 g/mol. The lowest BCUT2D eigenvalue weighted by molar-refractivity contribution is 0.130. The van der Waals surface area contributed by atoms with E-state index in [1.54, 1.807) is 0 Å². The molecule has 2 aliphatic rings. The Morgan fingerprint density at radius 1 is 0.739 bits per heavy atom. The van der Waals surface area contributed by atoms with Crippen molar-refractivity contribution in [3.8, 4) is 0 Å². The molecule has 2 nitrogen and oxygen atoms in total. The van der Waals surface area contributed by atoms with Gasteiger partial charge >= 0.3 is 0 Å². The first kappa shape index (κ1) is 19.2. The minimum Gasteiger partial charge on any atom is -0.299 e. The van der Waals surface area contributed by atoms with Gasteiger partial charge in [-0.25, -0.2) is 0 Å². The van der Waals surface area contributed by atoms with Crippen molar-refractivity contribution in [3.63, 3.8) is 0 Å². The van der Waals surface area contributed by atoms with Crippen molar-refractivity contribution >= 4 is 0 Å². The lowest BCUT2D eigenvalue weighted by atomic mass is 9.74. The molecule has 2 saturated carbocycles. The molecule has 2 fully saturated rings. The molecule has 0 heterocycles. The minimum absolute atomic E-state index is 0.257. The van der Waals surface area contributed by atoms with Crippen LogP contribution < -0.4 is 10.6 Å². The first-order chi connectivity index (χ1) is 11.3. The first-order valence-electron chi connectivity index (χ1n) is 10.8. The molecule has 0 radical (unpaired) electrons. The molecule has 2 heteroatoms. The van der Waals surface area contributed by atoms with E-state index in [0.29, 0.717) is 0 Å². The van der Waals surface area contributed by atoms with Crippen LogP contribution in [0, 0.1) is 11.8 Å². The number of hydrogen-bond acceptors (Lipinski definition) is 2. The molecule has 0 aromatic rings. The van der Waals surface area contributed by atoms with Crippen molar-refractivity contribution in [1.29, 1.82) is 0 Å². The summed E-state index contributed by atoms with van der Waals surface area (Å²) in [7, 11) is 0. The Morgan fingerprint density at radius 2 is 1.26 bits per heavy atom. The Labute approximate surface area is 145 Å². The molecule has 0 spiro atoms. The molecule has 0 aromatic carbocycles. The van der Waals surface area contributed by atoms with Crippen molar-refractivity contribution in [2.24, 2.45) is 11.8 Å². The molecular formula is C21H42N2. The molecule has 2 N–H and O–H groups in total. The monoisotopic (exact) mass is 322 g/mol. The lowest BCUT2D eigenvalue weighted by Crippen LogP contribution is -2.59. The zero-order valence-corrected chi connectivity index (χ0v) is 16.0. The minimum atomic E-state index is 0.257. The van der Waals surface area contributed by atoms with Gasteiger partial charge in [0.1, 0.15) is 0 Å². The molecule has 0 aliphatic heterocycles. The van der Waals surface area contributed by atoms with Crippen LogP contribution in [0.4, 0.5) is 0 Å². The molecule has 0 amide bonds. The maximum absolute atomic E-state index is 3.91. The summed E-state index contributed by atoms with van der Waals surface area (Å²) < 4.78 is 0. The summed E-state index contributed by atoms with van der Waals surface area (Å²) in [6.07, 6.45) is 19.8. The van der Waals surface area contributed by atoms with E-state index < -0.39 is 0 Å². The van der Waals surface area contributed by atoms with Gasteiger partial charge in [-0.15, -0.1) is 0 Å². The Balaban J connectivity index is 1.76. The van der Waals surface area contributed by atoms with E-state index in [0.717, 1.165) is 11.8 Å². The van der Waals surface area contributed by atoms with Crippen molar-refractivity contribution in [1.82, 2.24) is 10.6 Å². The van der Waals surface area contributed by atoms with Gasteiger partial charge in [-0.1, -0.05) is 58.8 Å². The van der Waals surface area contributed by atoms with E-state index in [9.17, 15) is 0 Å². The highest BCUT2D eigenvalue weighted by atomic mass is 15.2. The van der Waals surface area contributed by atoms with E-state index in [1.807, 2.05) is 0 Å². The third-order valence-corrected chi connectivity index (χ3v) is 6.34. The number of rotatable bonds is 10. The summed E-state index contributed by atoms with van der Waals surface area (Å²) in [6, 6.07) is 0. The van der Waals surface area contributed by atoms with Crippen molar-refractivity contribution in [2.45, 2.75) is 109 Å². The molecular weight excluding hydrogens is 280 g/mol. The zero-order chi connectivity index (χ0) is 16.4. The van der Waals surface area contributed by atoms with Crippen LogP contribution in [-0.2, 0) is 0 Å². The third-order valence-electron chi connectivity index (χ3n) is 6.34. The van der Waals surface area contributed by atoms with Crippen molar-refractivity contribution in [3.05, 3.63) is 0 Å².